The van der Waals surface area contributed by atoms with Gasteiger partial charge in [-0.25, -0.2) is 19.2 Å². The first-order valence-corrected chi connectivity index (χ1v) is 20.1. The van der Waals surface area contributed by atoms with Gasteiger partial charge in [-0.05, 0) is 81.9 Å². The first-order chi connectivity index (χ1) is 27.1. The Labute approximate surface area is 333 Å². The molecule has 10 rings (SSSR count). The van der Waals surface area contributed by atoms with Crippen LogP contribution in [0.2, 0.25) is 10.0 Å². The number of nitrogens with one attached hydrogen (secondary N) is 1. The van der Waals surface area contributed by atoms with Gasteiger partial charge in [0.05, 0.1) is 45.6 Å². The highest BCUT2D eigenvalue weighted by atomic mass is 35.5. The molecule has 5 aromatic rings. The minimum atomic E-state index is -1.06. The topological polar surface area (TPSA) is 129 Å². The number of amides is 1. The van der Waals surface area contributed by atoms with Crippen LogP contribution in [-0.4, -0.2) is 86.5 Å². The van der Waals surface area contributed by atoms with Crippen LogP contribution in [-0.2, 0) is 6.42 Å². The van der Waals surface area contributed by atoms with Gasteiger partial charge in [0.2, 0.25) is 11.8 Å². The number of hydrogen-bond donors (Lipinski definition) is 2. The third kappa shape index (κ3) is 6.20. The van der Waals surface area contributed by atoms with Crippen molar-refractivity contribution < 1.29 is 23.8 Å². The number of ether oxygens (including phenoxy) is 2. The van der Waals surface area contributed by atoms with Gasteiger partial charge in [-0.1, -0.05) is 41.4 Å². The molecule has 0 spiro atoms. The number of pyridine rings is 2. The smallest absolute Gasteiger partial charge is 0.407 e. The summed E-state index contributed by atoms with van der Waals surface area (Å²) in [5, 5.41) is 25.7. The summed E-state index contributed by atoms with van der Waals surface area (Å²) in [6.07, 6.45) is 3.66. The minimum Gasteiger partial charge on any atom is -0.472 e. The van der Waals surface area contributed by atoms with Crippen LogP contribution in [0.4, 0.5) is 9.18 Å². The van der Waals surface area contributed by atoms with Gasteiger partial charge >= 0.3 is 6.09 Å². The van der Waals surface area contributed by atoms with Gasteiger partial charge in [-0.2, -0.15) is 5.26 Å². The molecule has 0 radical (unpaired) electrons. The molecule has 5 fully saturated rings. The number of aryl methyl sites for hydroxylation is 1. The van der Waals surface area contributed by atoms with E-state index in [-0.39, 0.29) is 70.6 Å². The maximum Gasteiger partial charge on any atom is 0.407 e. The van der Waals surface area contributed by atoms with Crippen LogP contribution in [0.5, 0.6) is 11.8 Å². The molecule has 4 saturated heterocycles. The Hall–Kier alpha value is -4.67. The predicted molar refractivity (Wildman–Crippen MR) is 212 cm³/mol. The monoisotopic (exact) mass is 797 g/mol. The molecule has 2 aromatic carbocycles. The first kappa shape index (κ1) is 36.9. The molecule has 5 aliphatic rings. The van der Waals surface area contributed by atoms with Crippen LogP contribution in [0.15, 0.2) is 54.7 Å². The largest absolute Gasteiger partial charge is 0.472 e. The van der Waals surface area contributed by atoms with Crippen LogP contribution in [0, 0.1) is 23.1 Å². The number of rotatable bonds is 10. The number of nitriles is 1. The molecule has 3 aromatic heterocycles. The molecule has 1 saturated carbocycles. The van der Waals surface area contributed by atoms with Crippen LogP contribution in [0.25, 0.3) is 32.9 Å². The molecule has 1 amide bonds. The fourth-order valence-electron chi connectivity index (χ4n) is 9.76. The van der Waals surface area contributed by atoms with Crippen molar-refractivity contribution in [1.82, 2.24) is 29.7 Å². The van der Waals surface area contributed by atoms with Crippen LogP contribution >= 0.6 is 23.2 Å². The molecule has 2 bridgehead atoms. The highest BCUT2D eigenvalue weighted by Crippen LogP contribution is 2.52. The molecule has 1 unspecified atom stereocenters. The van der Waals surface area contributed by atoms with Crippen molar-refractivity contribution in [3.8, 4) is 29.0 Å². The van der Waals surface area contributed by atoms with E-state index in [2.05, 4.69) is 32.9 Å². The maximum absolute atomic E-state index is 17.7. The maximum atomic E-state index is 17.7. The fraction of sp³-hybridized carbons (Fsp3) is 0.429. The molecule has 1 aliphatic carbocycles. The summed E-state index contributed by atoms with van der Waals surface area (Å²) in [5.41, 5.74) is 2.87. The number of carboxylic acid groups (broad SMARTS) is 1. The Bertz CT molecular complexity index is 2370. The zero-order chi connectivity index (χ0) is 38.8. The van der Waals surface area contributed by atoms with Crippen LogP contribution < -0.4 is 14.8 Å². The van der Waals surface area contributed by atoms with E-state index in [1.54, 1.807) is 36.5 Å². The van der Waals surface area contributed by atoms with Crippen LogP contribution in [0.1, 0.15) is 62.4 Å². The number of likely N-dealkylation sites (N-methyl/N-ethyl adjacent to an activating group) is 1. The van der Waals surface area contributed by atoms with Crippen molar-refractivity contribution in [1.29, 1.82) is 5.26 Å². The van der Waals surface area contributed by atoms with Crippen molar-refractivity contribution in [3.05, 3.63) is 81.8 Å². The van der Waals surface area contributed by atoms with Crippen molar-refractivity contribution in [2.45, 2.75) is 81.8 Å². The van der Waals surface area contributed by atoms with E-state index in [1.165, 1.54) is 4.90 Å². The molecule has 14 heteroatoms. The third-order valence-electron chi connectivity index (χ3n) is 12.4. The third-order valence-corrected chi connectivity index (χ3v) is 13.2. The Morgan fingerprint density at radius 2 is 2.04 bits per heavy atom. The number of fused-ring (bicyclic) bond motifs is 4. The number of carbonyl (C=O) groups is 1. The van der Waals surface area contributed by atoms with Gasteiger partial charge in [0.1, 0.15) is 17.7 Å². The molecular weight excluding hydrogens is 756 g/mol. The van der Waals surface area contributed by atoms with E-state index < -0.39 is 24.1 Å². The number of benzene rings is 2. The van der Waals surface area contributed by atoms with Crippen LogP contribution in [0.3, 0.4) is 0 Å². The second-order valence-corrected chi connectivity index (χ2v) is 16.4. The highest BCUT2D eigenvalue weighted by molar-refractivity contribution is 6.43. The lowest BCUT2D eigenvalue weighted by Crippen LogP contribution is -2.40. The lowest BCUT2D eigenvalue weighted by Gasteiger charge is -2.39. The van der Waals surface area contributed by atoms with E-state index in [1.807, 2.05) is 25.1 Å². The molecule has 56 heavy (non-hydrogen) atoms. The SMILES string of the molecule is C[C@H](Oc1nc2c(F)c(-c3cccc(Cl)c3Cl)c(CCC#N)cc2c2c1cc([C@H]1C[C@H](Oc3ccccn3)CN1C(=O)O)n2[C@H]1[C@H]2CN[C@@H]1C2)C1CCCN1C. The molecule has 7 heterocycles. The predicted octanol–water partition coefficient (Wildman–Crippen LogP) is 8.42. The highest BCUT2D eigenvalue weighted by Gasteiger charge is 2.51. The van der Waals surface area contributed by atoms with Crippen molar-refractivity contribution in [2.24, 2.45) is 5.92 Å². The number of halogens is 3. The summed E-state index contributed by atoms with van der Waals surface area (Å²) >= 11 is 13.2. The standard InChI is InChI=1S/C42H42Cl2FN7O4/c1-22(31-11-7-15-50(31)2)55-41-28-19-33(32-18-25(21-51(32)42(53)54)56-34-12-3-4-14-47-34)52(39-24-17-30(39)48-20-24)40(28)27-16-23(8-6-13-46)35(37(45)38(27)49-41)26-9-5-10-29(43)36(26)44/h3-5,9-10,12,14,16,19,22,24-25,30-32,39,48H,6-8,11,15,17-18,20-21H2,1-2H3,(H,53,54)/t22-,24+,25-,30+,31?,32+,39-/m0/s1. The Morgan fingerprint density at radius 1 is 1.18 bits per heavy atom. The average Bonchev–Trinajstić information content (AvgIpc) is 4.03. The first-order valence-electron chi connectivity index (χ1n) is 19.3. The molecular formula is C42H42Cl2FN7O4. The second-order valence-electron chi connectivity index (χ2n) is 15.6. The number of nitrogens with zero attached hydrogens (tertiary/aromatic N) is 6. The molecule has 7 atom stereocenters. The summed E-state index contributed by atoms with van der Waals surface area (Å²) in [4.78, 5) is 26.1. The Kier molecular flexibility index (Phi) is 9.69. The van der Waals surface area contributed by atoms with Gasteiger partial charge in [0.25, 0.3) is 0 Å². The molecule has 11 nitrogen and oxygen atoms in total. The van der Waals surface area contributed by atoms with Gasteiger partial charge < -0.3 is 24.5 Å². The normalized spacial score (nSPS) is 25.1. The molecule has 290 valence electrons. The van der Waals surface area contributed by atoms with E-state index in [0.717, 1.165) is 43.6 Å². The molecule has 2 N–H and O–H groups in total. The lowest BCUT2D eigenvalue weighted by atomic mass is 9.79. The van der Waals surface area contributed by atoms with E-state index in [4.69, 9.17) is 37.7 Å². The Morgan fingerprint density at radius 3 is 2.73 bits per heavy atom. The average molecular weight is 799 g/mol. The van der Waals surface area contributed by atoms with Crippen molar-refractivity contribution >= 4 is 51.1 Å². The van der Waals surface area contributed by atoms with E-state index in [9.17, 15) is 15.2 Å². The lowest BCUT2D eigenvalue weighted by molar-refractivity contribution is 0.119. The van der Waals surface area contributed by atoms with E-state index >= 15 is 4.39 Å². The minimum absolute atomic E-state index is 0.0154. The zero-order valence-corrected chi connectivity index (χ0v) is 32.6. The van der Waals surface area contributed by atoms with Gasteiger partial charge in [0.15, 0.2) is 5.82 Å². The quantitative estimate of drug-likeness (QED) is 0.143. The Balaban J connectivity index is 1.30. The summed E-state index contributed by atoms with van der Waals surface area (Å²) in [5.74, 6) is 0.421. The summed E-state index contributed by atoms with van der Waals surface area (Å²) < 4.78 is 33.0. The fourth-order valence-corrected chi connectivity index (χ4v) is 10.2. The van der Waals surface area contributed by atoms with Crippen molar-refractivity contribution in [2.75, 3.05) is 26.7 Å². The van der Waals surface area contributed by atoms with Crippen molar-refractivity contribution in [3.63, 3.8) is 0 Å². The summed E-state index contributed by atoms with van der Waals surface area (Å²) in [6, 6.07) is 16.4. The number of hydrogen-bond acceptors (Lipinski definition) is 8. The molecule has 4 aliphatic heterocycles. The van der Waals surface area contributed by atoms with Gasteiger partial charge in [-0.15, -0.1) is 0 Å². The number of aromatic nitrogens is 3. The van der Waals surface area contributed by atoms with Gasteiger partial charge in [-0.3, -0.25) is 9.80 Å². The number of likely N-dealkylation sites (tertiary alicyclic amines) is 2. The zero-order valence-electron chi connectivity index (χ0n) is 31.1. The summed E-state index contributed by atoms with van der Waals surface area (Å²) in [6.45, 7) is 3.95. The summed E-state index contributed by atoms with van der Waals surface area (Å²) in [7, 11) is 2.09. The van der Waals surface area contributed by atoms with Gasteiger partial charge in [0, 0.05) is 65.9 Å². The van der Waals surface area contributed by atoms with E-state index in [0.29, 0.717) is 40.1 Å². The second kappa shape index (κ2) is 14.7.